The molecule has 3 heterocycles. The number of β-amino-alcohol motifs (C(OH)–C–C–N with tert-alkyl or cyclic N) is 1. The summed E-state index contributed by atoms with van der Waals surface area (Å²) in [5.74, 6) is 0.662. The first-order valence-corrected chi connectivity index (χ1v) is 10.0. The lowest BCUT2D eigenvalue weighted by molar-refractivity contribution is 0.0194. The summed E-state index contributed by atoms with van der Waals surface area (Å²) in [6, 6.07) is 1.68. The Balaban J connectivity index is 1.87. The molecule has 0 radical (unpaired) electrons. The van der Waals surface area contributed by atoms with Crippen LogP contribution in [0.25, 0.3) is 0 Å². The van der Waals surface area contributed by atoms with Gasteiger partial charge in [0.1, 0.15) is 0 Å². The van der Waals surface area contributed by atoms with Crippen LogP contribution in [0.1, 0.15) is 47.7 Å². The molecule has 1 unspecified atom stereocenters. The molecule has 1 aliphatic rings. The first-order chi connectivity index (χ1) is 11.1. The number of hydrogen-bond donors (Lipinski definition) is 1. The van der Waals surface area contributed by atoms with Gasteiger partial charge in [-0.2, -0.15) is 9.29 Å². The fourth-order valence-corrected chi connectivity index (χ4v) is 5.82. The van der Waals surface area contributed by atoms with Crippen LogP contribution in [-0.4, -0.2) is 41.1 Å². The monoisotopic (exact) mass is 371 g/mol. The number of aliphatic hydroxyl groups is 1. The topological polar surface area (TPSA) is 96.5 Å². The number of rotatable bonds is 4. The molecule has 0 spiro atoms. The lowest BCUT2D eigenvalue weighted by Crippen LogP contribution is -2.34. The Hall–Kier alpha value is -1.29. The van der Waals surface area contributed by atoms with Gasteiger partial charge in [0.15, 0.2) is 11.4 Å². The van der Waals surface area contributed by atoms with Crippen LogP contribution in [0.5, 0.6) is 0 Å². The Bertz CT molecular complexity index is 856. The molecular weight excluding hydrogens is 350 g/mol. The van der Waals surface area contributed by atoms with Crippen LogP contribution in [0, 0.1) is 13.8 Å². The summed E-state index contributed by atoms with van der Waals surface area (Å²) < 4.78 is 32.2. The van der Waals surface area contributed by atoms with Gasteiger partial charge in [0.2, 0.25) is 10.0 Å². The lowest BCUT2D eigenvalue weighted by Gasteiger charge is -2.19. The van der Waals surface area contributed by atoms with Crippen molar-refractivity contribution in [3.63, 3.8) is 0 Å². The zero-order valence-electron chi connectivity index (χ0n) is 14.1. The summed E-state index contributed by atoms with van der Waals surface area (Å²) in [6.45, 7) is 7.65. The van der Waals surface area contributed by atoms with E-state index in [9.17, 15) is 13.5 Å². The fraction of sp³-hybridized carbons (Fsp3) is 0.600. The van der Waals surface area contributed by atoms with Gasteiger partial charge in [0.05, 0.1) is 11.4 Å². The smallest absolute Gasteiger partial charge is 0.260 e. The van der Waals surface area contributed by atoms with E-state index in [0.717, 1.165) is 9.75 Å². The minimum absolute atomic E-state index is 0.0729. The molecule has 9 heteroatoms. The zero-order valence-corrected chi connectivity index (χ0v) is 15.7. The average Bonchev–Trinajstić information content (AvgIpc) is 3.17. The SMILES string of the molecule is Cc1cc(S(=O)(=O)N2CCC(O)(c3nc(C(C)C)no3)C2)c(C)s1. The highest BCUT2D eigenvalue weighted by molar-refractivity contribution is 7.89. The normalized spacial score (nSPS) is 22.6. The van der Waals surface area contributed by atoms with E-state index >= 15 is 0 Å². The van der Waals surface area contributed by atoms with Crippen LogP contribution in [-0.2, 0) is 15.6 Å². The Morgan fingerprint density at radius 2 is 2.12 bits per heavy atom. The maximum Gasteiger partial charge on any atom is 0.260 e. The minimum Gasteiger partial charge on any atom is -0.379 e. The maximum atomic E-state index is 12.9. The summed E-state index contributed by atoms with van der Waals surface area (Å²) in [4.78, 5) is 6.23. The third-order valence-corrected chi connectivity index (χ3v) is 7.25. The number of thiophene rings is 1. The zero-order chi connectivity index (χ0) is 17.7. The van der Waals surface area contributed by atoms with Crippen molar-refractivity contribution < 1.29 is 18.0 Å². The predicted octanol–water partition coefficient (Wildman–Crippen LogP) is 2.15. The molecule has 3 rings (SSSR count). The van der Waals surface area contributed by atoms with E-state index in [1.165, 1.54) is 15.6 Å². The van der Waals surface area contributed by atoms with Crippen molar-refractivity contribution in [2.24, 2.45) is 0 Å². The molecule has 1 fully saturated rings. The van der Waals surface area contributed by atoms with Crippen molar-refractivity contribution in [3.05, 3.63) is 27.5 Å². The van der Waals surface area contributed by atoms with Crippen LogP contribution in [0.3, 0.4) is 0 Å². The second-order valence-electron chi connectivity index (χ2n) is 6.51. The van der Waals surface area contributed by atoms with E-state index in [1.54, 1.807) is 13.0 Å². The van der Waals surface area contributed by atoms with E-state index in [2.05, 4.69) is 10.1 Å². The summed E-state index contributed by atoms with van der Waals surface area (Å²) >= 11 is 1.45. The highest BCUT2D eigenvalue weighted by atomic mass is 32.2. The predicted molar refractivity (Wildman–Crippen MR) is 89.5 cm³/mol. The third-order valence-electron chi connectivity index (χ3n) is 4.18. The average molecular weight is 371 g/mol. The van der Waals surface area contributed by atoms with Gasteiger partial charge in [-0.3, -0.25) is 0 Å². The fourth-order valence-electron chi connectivity index (χ4n) is 2.80. The summed E-state index contributed by atoms with van der Waals surface area (Å²) in [6.07, 6.45) is 0.230. The summed E-state index contributed by atoms with van der Waals surface area (Å²) in [7, 11) is -3.64. The standard InChI is InChI=1S/C15H21N3O4S2/c1-9(2)13-16-14(22-17-13)15(19)5-6-18(8-15)24(20,21)12-7-10(3)23-11(12)4/h7,9,19H,5-6,8H2,1-4H3. The first-order valence-electron chi connectivity index (χ1n) is 7.77. The molecule has 0 bridgehead atoms. The molecule has 0 saturated carbocycles. The Kier molecular flexibility index (Phi) is 4.31. The number of aromatic nitrogens is 2. The highest BCUT2D eigenvalue weighted by Crippen LogP contribution is 2.36. The molecule has 2 aromatic rings. The van der Waals surface area contributed by atoms with E-state index < -0.39 is 15.6 Å². The number of hydrogen-bond acceptors (Lipinski definition) is 7. The van der Waals surface area contributed by atoms with E-state index in [0.29, 0.717) is 10.7 Å². The molecule has 1 atom stereocenters. The Morgan fingerprint density at radius 3 is 2.67 bits per heavy atom. The van der Waals surface area contributed by atoms with Crippen LogP contribution >= 0.6 is 11.3 Å². The molecule has 2 aromatic heterocycles. The van der Waals surface area contributed by atoms with Crippen molar-refractivity contribution in [1.29, 1.82) is 0 Å². The highest BCUT2D eigenvalue weighted by Gasteiger charge is 2.47. The molecule has 132 valence electrons. The largest absolute Gasteiger partial charge is 0.379 e. The van der Waals surface area contributed by atoms with Gasteiger partial charge < -0.3 is 9.63 Å². The second-order valence-corrected chi connectivity index (χ2v) is 9.88. The van der Waals surface area contributed by atoms with Gasteiger partial charge in [0, 0.05) is 28.6 Å². The maximum absolute atomic E-state index is 12.9. The minimum atomic E-state index is -3.64. The molecule has 24 heavy (non-hydrogen) atoms. The van der Waals surface area contributed by atoms with Gasteiger partial charge >= 0.3 is 0 Å². The van der Waals surface area contributed by atoms with Crippen molar-refractivity contribution in [2.45, 2.75) is 50.5 Å². The van der Waals surface area contributed by atoms with Gasteiger partial charge in [-0.15, -0.1) is 11.3 Å². The molecule has 1 aliphatic heterocycles. The summed E-state index contributed by atoms with van der Waals surface area (Å²) in [5, 5.41) is 14.7. The van der Waals surface area contributed by atoms with Crippen molar-refractivity contribution in [1.82, 2.24) is 14.4 Å². The van der Waals surface area contributed by atoms with Gasteiger partial charge in [-0.05, 0) is 19.9 Å². The van der Waals surface area contributed by atoms with Crippen LogP contribution < -0.4 is 0 Å². The Morgan fingerprint density at radius 1 is 1.42 bits per heavy atom. The van der Waals surface area contributed by atoms with Crippen molar-refractivity contribution >= 4 is 21.4 Å². The van der Waals surface area contributed by atoms with Crippen LogP contribution in [0.15, 0.2) is 15.5 Å². The van der Waals surface area contributed by atoms with Crippen LogP contribution in [0.2, 0.25) is 0 Å². The molecule has 0 amide bonds. The second kappa shape index (κ2) is 5.91. The molecule has 0 aromatic carbocycles. The molecule has 1 N–H and O–H groups in total. The van der Waals surface area contributed by atoms with E-state index in [1.807, 2.05) is 20.8 Å². The third kappa shape index (κ3) is 2.90. The van der Waals surface area contributed by atoms with E-state index in [-0.39, 0.29) is 31.3 Å². The van der Waals surface area contributed by atoms with Gasteiger partial charge in [0.25, 0.3) is 5.89 Å². The van der Waals surface area contributed by atoms with Crippen molar-refractivity contribution in [3.8, 4) is 0 Å². The summed E-state index contributed by atoms with van der Waals surface area (Å²) in [5.41, 5.74) is -1.44. The first kappa shape index (κ1) is 17.5. The molecule has 0 aliphatic carbocycles. The van der Waals surface area contributed by atoms with E-state index in [4.69, 9.17) is 4.52 Å². The van der Waals surface area contributed by atoms with Gasteiger partial charge in [-0.25, -0.2) is 8.42 Å². The van der Waals surface area contributed by atoms with Crippen LogP contribution in [0.4, 0.5) is 0 Å². The molecule has 7 nitrogen and oxygen atoms in total. The Labute approximate surface area is 145 Å². The quantitative estimate of drug-likeness (QED) is 0.884. The number of aryl methyl sites for hydroxylation is 2. The van der Waals surface area contributed by atoms with Crippen molar-refractivity contribution in [2.75, 3.05) is 13.1 Å². The number of nitrogens with zero attached hydrogens (tertiary/aromatic N) is 3. The molecule has 1 saturated heterocycles. The molecular formula is C15H21N3O4S2. The number of sulfonamides is 1. The van der Waals surface area contributed by atoms with Gasteiger partial charge in [-0.1, -0.05) is 19.0 Å². The lowest BCUT2D eigenvalue weighted by atomic mass is 10.0.